The monoisotopic (exact) mass is 698 g/mol. The first-order valence-corrected chi connectivity index (χ1v) is 18.0. The van der Waals surface area contributed by atoms with E-state index in [1.165, 1.54) is 0 Å². The van der Waals surface area contributed by atoms with Gasteiger partial charge in [-0.3, -0.25) is 9.55 Å². The Balaban J connectivity index is 1.23. The highest BCUT2D eigenvalue weighted by Gasteiger charge is 2.21. The topological polar surface area (TPSA) is 50.9 Å². The third-order valence-corrected chi connectivity index (χ3v) is 10.0. The molecule has 9 rings (SSSR count). The van der Waals surface area contributed by atoms with Crippen molar-refractivity contribution in [2.45, 2.75) is 13.8 Å². The van der Waals surface area contributed by atoms with Crippen molar-refractivity contribution in [2.24, 2.45) is 0 Å². The number of benzene rings is 7. The summed E-state index contributed by atoms with van der Waals surface area (Å²) in [5.74, 6) is 0.793. The minimum Gasteiger partial charge on any atom is -0.507 e. The molecule has 0 saturated carbocycles. The third kappa shape index (κ3) is 6.14. The lowest BCUT2D eigenvalue weighted by atomic mass is 9.93. The van der Waals surface area contributed by atoms with Crippen LogP contribution in [0.1, 0.15) is 15.2 Å². The second-order valence-corrected chi connectivity index (χ2v) is 13.5. The Morgan fingerprint density at radius 3 is 1.96 bits per heavy atom. The van der Waals surface area contributed by atoms with Crippen molar-refractivity contribution in [1.82, 2.24) is 14.5 Å². The van der Waals surface area contributed by atoms with Gasteiger partial charge >= 0.3 is 0 Å². The molecule has 0 fully saturated rings. The molecular formula is C50H37N3O. The van der Waals surface area contributed by atoms with Crippen molar-refractivity contribution in [3.8, 4) is 78.6 Å². The molecule has 0 spiro atoms. The van der Waals surface area contributed by atoms with Gasteiger partial charge in [0.15, 0.2) is 0 Å². The van der Waals surface area contributed by atoms with E-state index < -0.39 is 6.85 Å². The minimum absolute atomic E-state index is 0.153. The predicted molar refractivity (Wildman–Crippen MR) is 223 cm³/mol. The van der Waals surface area contributed by atoms with Crippen molar-refractivity contribution in [2.75, 3.05) is 0 Å². The minimum atomic E-state index is -2.16. The van der Waals surface area contributed by atoms with E-state index in [0.717, 1.165) is 78.0 Å². The molecule has 0 bridgehead atoms. The van der Waals surface area contributed by atoms with E-state index in [-0.39, 0.29) is 5.75 Å². The van der Waals surface area contributed by atoms with E-state index in [0.29, 0.717) is 17.0 Å². The first kappa shape index (κ1) is 29.5. The van der Waals surface area contributed by atoms with Crippen LogP contribution in [0.2, 0.25) is 0 Å². The summed E-state index contributed by atoms with van der Waals surface area (Å²) in [7, 11) is 0. The average molecular weight is 699 g/mol. The molecule has 4 nitrogen and oxygen atoms in total. The molecule has 9 aromatic rings. The number of aromatic hydroxyl groups is 1. The molecule has 0 radical (unpaired) electrons. The van der Waals surface area contributed by atoms with Gasteiger partial charge in [-0.2, -0.15) is 0 Å². The van der Waals surface area contributed by atoms with E-state index in [2.05, 4.69) is 102 Å². The van der Waals surface area contributed by atoms with Gasteiger partial charge in [0.05, 0.1) is 22.3 Å². The normalized spacial score (nSPS) is 12.3. The molecule has 0 atom stereocenters. The van der Waals surface area contributed by atoms with Gasteiger partial charge in [0, 0.05) is 27.1 Å². The van der Waals surface area contributed by atoms with Gasteiger partial charge in [0.1, 0.15) is 11.6 Å². The Labute approximate surface area is 319 Å². The van der Waals surface area contributed by atoms with Crippen molar-refractivity contribution in [1.29, 1.82) is 0 Å². The Morgan fingerprint density at radius 1 is 0.519 bits per heavy atom. The number of pyridine rings is 1. The summed E-state index contributed by atoms with van der Waals surface area (Å²) in [5.41, 5.74) is 14.6. The van der Waals surface area contributed by atoms with Crippen molar-refractivity contribution >= 4 is 11.0 Å². The summed E-state index contributed by atoms with van der Waals surface area (Å²) in [5, 5.41) is 11.2. The highest BCUT2D eigenvalue weighted by Crippen LogP contribution is 2.40. The van der Waals surface area contributed by atoms with Crippen molar-refractivity contribution in [3.05, 3.63) is 193 Å². The van der Waals surface area contributed by atoms with Gasteiger partial charge in [-0.25, -0.2) is 4.98 Å². The van der Waals surface area contributed by atoms with E-state index in [4.69, 9.17) is 14.1 Å². The van der Waals surface area contributed by atoms with Gasteiger partial charge in [-0.15, -0.1) is 0 Å². The highest BCUT2D eigenvalue weighted by molar-refractivity contribution is 5.97. The number of hydrogen-bond donors (Lipinski definition) is 1. The maximum absolute atomic E-state index is 11.2. The summed E-state index contributed by atoms with van der Waals surface area (Å²) in [6, 6.07) is 58.2. The lowest BCUT2D eigenvalue weighted by molar-refractivity contribution is 0.477. The van der Waals surface area contributed by atoms with Crippen molar-refractivity contribution in [3.63, 3.8) is 0 Å². The number of hydrogen-bond acceptors (Lipinski definition) is 3. The number of phenolic OH excluding ortho intramolecular Hbond substituents is 1. The van der Waals surface area contributed by atoms with E-state index in [1.54, 1.807) is 24.4 Å². The Morgan fingerprint density at radius 2 is 1.20 bits per heavy atom. The number of rotatable bonds is 7. The fourth-order valence-corrected chi connectivity index (χ4v) is 7.32. The molecule has 0 aliphatic rings. The van der Waals surface area contributed by atoms with Crippen LogP contribution in [0.15, 0.2) is 182 Å². The van der Waals surface area contributed by atoms with Crippen LogP contribution in [0.25, 0.3) is 83.9 Å². The molecule has 7 aromatic carbocycles. The first-order chi connectivity index (χ1) is 27.7. The number of para-hydroxylation sites is 2. The summed E-state index contributed by atoms with van der Waals surface area (Å²) in [4.78, 5) is 10.2. The smallest absolute Gasteiger partial charge is 0.149 e. The summed E-state index contributed by atoms with van der Waals surface area (Å²) in [6.45, 7) is -0.0367. The molecule has 2 heterocycles. The molecular weight excluding hydrogens is 659 g/mol. The average Bonchev–Trinajstić information content (AvgIpc) is 3.64. The molecule has 2 aromatic heterocycles. The Hall–Kier alpha value is -7.04. The molecule has 0 unspecified atom stereocenters. The van der Waals surface area contributed by atoms with Crippen LogP contribution < -0.4 is 0 Å². The van der Waals surface area contributed by atoms with E-state index >= 15 is 0 Å². The zero-order chi connectivity index (χ0) is 39.1. The summed E-state index contributed by atoms with van der Waals surface area (Å²) in [6.07, 6.45) is 1.79. The maximum atomic E-state index is 11.2. The number of aromatic nitrogens is 3. The highest BCUT2D eigenvalue weighted by atomic mass is 16.3. The Kier molecular flexibility index (Phi) is 7.56. The Bertz CT molecular complexity index is 2900. The molecule has 1 N–H and O–H groups in total. The quantitative estimate of drug-likeness (QED) is 0.180. The number of aryl methyl sites for hydroxylation is 2. The van der Waals surface area contributed by atoms with Gasteiger partial charge in [-0.1, -0.05) is 121 Å². The lowest BCUT2D eigenvalue weighted by Gasteiger charge is -2.14. The molecule has 0 saturated heterocycles. The zero-order valence-corrected chi connectivity index (χ0v) is 29.6. The third-order valence-electron chi connectivity index (χ3n) is 10.0. The SMILES string of the molecule is [2H]C([2H])([2H])c1ccc(-c2ccnc(-c3cc(-c4ccccc4)cc(-c4cccc5c4nc(-c4ccccc4O)n5-c4ccc(-c5ccccc5)c(C)c4)c3)c2)cc1. The van der Waals surface area contributed by atoms with Gasteiger partial charge in [0.2, 0.25) is 0 Å². The standard InChI is InChI=1S/C50H37N3O/c1-33-20-22-36(23-21-33)38-26-27-51-46(32-38)41-30-39(35-12-5-3-6-13-35)29-40(31-41)44-17-11-18-47-49(44)52-50(45-16-9-10-19-48(45)54)53(47)42-24-25-43(34(2)28-42)37-14-7-4-8-15-37/h3-32,54H,1-2H3/i1D3. The molecule has 0 aliphatic carbocycles. The summed E-state index contributed by atoms with van der Waals surface area (Å²) < 4.78 is 25.5. The van der Waals surface area contributed by atoms with Crippen LogP contribution in [0, 0.1) is 13.8 Å². The number of phenols is 1. The molecule has 258 valence electrons. The van der Waals surface area contributed by atoms with Crippen LogP contribution in [-0.4, -0.2) is 19.6 Å². The van der Waals surface area contributed by atoms with E-state index in [1.807, 2.05) is 66.7 Å². The molecule has 0 aliphatic heterocycles. The molecule has 54 heavy (non-hydrogen) atoms. The first-order valence-electron chi connectivity index (χ1n) is 19.5. The van der Waals surface area contributed by atoms with Gasteiger partial charge < -0.3 is 5.11 Å². The van der Waals surface area contributed by atoms with Crippen molar-refractivity contribution < 1.29 is 9.22 Å². The number of nitrogens with zero attached hydrogens (tertiary/aromatic N) is 3. The number of fused-ring (bicyclic) bond motifs is 1. The predicted octanol–water partition coefficient (Wildman–Crippen LogP) is 12.7. The summed E-state index contributed by atoms with van der Waals surface area (Å²) >= 11 is 0. The number of imidazole rings is 1. The second-order valence-electron chi connectivity index (χ2n) is 13.5. The van der Waals surface area contributed by atoms with Crippen LogP contribution in [0.4, 0.5) is 0 Å². The molecule has 0 amide bonds. The van der Waals surface area contributed by atoms with E-state index in [9.17, 15) is 5.11 Å². The van der Waals surface area contributed by atoms with Crippen LogP contribution in [-0.2, 0) is 0 Å². The largest absolute Gasteiger partial charge is 0.507 e. The van der Waals surface area contributed by atoms with Crippen LogP contribution in [0.3, 0.4) is 0 Å². The fourth-order valence-electron chi connectivity index (χ4n) is 7.32. The zero-order valence-electron chi connectivity index (χ0n) is 32.6. The maximum Gasteiger partial charge on any atom is 0.149 e. The van der Waals surface area contributed by atoms with Crippen LogP contribution >= 0.6 is 0 Å². The van der Waals surface area contributed by atoms with Gasteiger partial charge in [-0.05, 0) is 119 Å². The van der Waals surface area contributed by atoms with Crippen LogP contribution in [0.5, 0.6) is 5.75 Å². The van der Waals surface area contributed by atoms with Gasteiger partial charge in [0.25, 0.3) is 0 Å². The molecule has 4 heteroatoms. The lowest BCUT2D eigenvalue weighted by Crippen LogP contribution is -1.99. The fraction of sp³-hybridized carbons (Fsp3) is 0.0400. The second kappa shape index (κ2) is 13.8.